The largest absolute Gasteiger partial charge is 0.375 e. The fourth-order valence-corrected chi connectivity index (χ4v) is 3.83. The van der Waals surface area contributed by atoms with Gasteiger partial charge in [-0.25, -0.2) is 0 Å². The fourth-order valence-electron chi connectivity index (χ4n) is 2.70. The highest BCUT2D eigenvalue weighted by atomic mass is 32.2. The van der Waals surface area contributed by atoms with E-state index in [0.717, 1.165) is 17.9 Å². The van der Waals surface area contributed by atoms with Crippen molar-refractivity contribution >= 4 is 11.8 Å². The maximum absolute atomic E-state index is 5.61. The third-order valence-corrected chi connectivity index (χ3v) is 4.68. The Hall–Kier alpha value is 0.230. The minimum atomic E-state index is 0.557. The lowest BCUT2D eigenvalue weighted by Gasteiger charge is -2.32. The summed E-state index contributed by atoms with van der Waals surface area (Å²) in [5.41, 5.74) is 0. The molecule has 0 aliphatic carbocycles. The van der Waals surface area contributed by atoms with Gasteiger partial charge in [-0.15, -0.1) is 0 Å². The monoisotopic (exact) mass is 214 g/mol. The summed E-state index contributed by atoms with van der Waals surface area (Å²) in [5.74, 6) is 1.28. The van der Waals surface area contributed by atoms with Gasteiger partial charge in [0.2, 0.25) is 0 Å². The quantitative estimate of drug-likeness (QED) is 0.708. The molecule has 0 radical (unpaired) electrons. The van der Waals surface area contributed by atoms with Gasteiger partial charge < -0.3 is 10.1 Å². The lowest BCUT2D eigenvalue weighted by Crippen LogP contribution is -2.45. The van der Waals surface area contributed by atoms with E-state index in [1.165, 1.54) is 38.4 Å². The average molecular weight is 214 g/mol. The number of fused-ring (bicyclic) bond motifs is 2. The highest BCUT2D eigenvalue weighted by Crippen LogP contribution is 2.29. The molecule has 0 aromatic rings. The fraction of sp³-hybridized carbons (Fsp3) is 1.00. The smallest absolute Gasteiger partial charge is 0.0718 e. The standard InChI is InChI=1S/C10H18N2OS/c1-2-14-10(4-11-1)6-12-5-9-3-8(12)7-13-9/h8-11H,1-7H2. The van der Waals surface area contributed by atoms with Crippen LogP contribution < -0.4 is 5.32 Å². The number of nitrogens with zero attached hydrogens (tertiary/aromatic N) is 1. The van der Waals surface area contributed by atoms with E-state index in [4.69, 9.17) is 4.74 Å². The third-order valence-electron chi connectivity index (χ3n) is 3.46. The van der Waals surface area contributed by atoms with Crippen molar-refractivity contribution in [2.75, 3.05) is 38.5 Å². The van der Waals surface area contributed by atoms with Gasteiger partial charge in [0.05, 0.1) is 12.7 Å². The second-order valence-corrected chi connectivity index (χ2v) is 5.90. The molecule has 3 heterocycles. The summed E-state index contributed by atoms with van der Waals surface area (Å²) in [6.07, 6.45) is 1.84. The molecule has 14 heavy (non-hydrogen) atoms. The van der Waals surface area contributed by atoms with Crippen molar-refractivity contribution in [3.05, 3.63) is 0 Å². The van der Waals surface area contributed by atoms with Crippen molar-refractivity contribution in [1.82, 2.24) is 10.2 Å². The second kappa shape index (κ2) is 4.00. The minimum Gasteiger partial charge on any atom is -0.375 e. The topological polar surface area (TPSA) is 24.5 Å². The molecule has 3 rings (SSSR count). The number of nitrogens with one attached hydrogen (secondary N) is 1. The summed E-state index contributed by atoms with van der Waals surface area (Å²) < 4.78 is 5.61. The van der Waals surface area contributed by atoms with Gasteiger partial charge in [0.25, 0.3) is 0 Å². The first-order chi connectivity index (χ1) is 6.92. The summed E-state index contributed by atoms with van der Waals surface area (Å²) >= 11 is 2.13. The van der Waals surface area contributed by atoms with Crippen LogP contribution in [-0.2, 0) is 4.74 Å². The van der Waals surface area contributed by atoms with Gasteiger partial charge in [0.1, 0.15) is 0 Å². The number of morpholine rings is 1. The van der Waals surface area contributed by atoms with Crippen LogP contribution in [0.5, 0.6) is 0 Å². The molecule has 3 aliphatic heterocycles. The van der Waals surface area contributed by atoms with Gasteiger partial charge in [-0.1, -0.05) is 0 Å². The average Bonchev–Trinajstić information content (AvgIpc) is 2.81. The maximum atomic E-state index is 5.61. The Morgan fingerprint density at radius 1 is 1.50 bits per heavy atom. The van der Waals surface area contributed by atoms with E-state index in [1.807, 2.05) is 0 Å². The number of ether oxygens (including phenoxy) is 1. The Morgan fingerprint density at radius 3 is 3.14 bits per heavy atom. The third kappa shape index (κ3) is 1.81. The SMILES string of the molecule is C1CSC(CN2CC3CC2CO3)CN1. The van der Waals surface area contributed by atoms with E-state index in [0.29, 0.717) is 6.10 Å². The summed E-state index contributed by atoms with van der Waals surface area (Å²) in [6.45, 7) is 5.81. The Balaban J connectivity index is 1.52. The molecule has 3 atom stereocenters. The predicted molar refractivity (Wildman–Crippen MR) is 58.8 cm³/mol. The van der Waals surface area contributed by atoms with Crippen LogP contribution in [0.4, 0.5) is 0 Å². The molecule has 80 valence electrons. The zero-order valence-corrected chi connectivity index (χ0v) is 9.26. The summed E-state index contributed by atoms with van der Waals surface area (Å²) in [6, 6.07) is 0.738. The highest BCUT2D eigenvalue weighted by Gasteiger charge is 2.39. The molecule has 2 bridgehead atoms. The number of rotatable bonds is 2. The second-order valence-electron chi connectivity index (χ2n) is 4.50. The van der Waals surface area contributed by atoms with Crippen LogP contribution in [0.15, 0.2) is 0 Å². The van der Waals surface area contributed by atoms with Crippen LogP contribution in [0.3, 0.4) is 0 Å². The molecular weight excluding hydrogens is 196 g/mol. The van der Waals surface area contributed by atoms with Crippen molar-refractivity contribution in [2.24, 2.45) is 0 Å². The van der Waals surface area contributed by atoms with Crippen LogP contribution in [-0.4, -0.2) is 60.8 Å². The normalized spacial score (nSPS) is 43.3. The maximum Gasteiger partial charge on any atom is 0.0718 e. The first-order valence-corrected chi connectivity index (χ1v) is 6.64. The van der Waals surface area contributed by atoms with Crippen molar-refractivity contribution in [3.8, 4) is 0 Å². The minimum absolute atomic E-state index is 0.557. The van der Waals surface area contributed by atoms with Crippen LogP contribution >= 0.6 is 11.8 Å². The van der Waals surface area contributed by atoms with Crippen LogP contribution in [0.25, 0.3) is 0 Å². The molecule has 0 aromatic heterocycles. The first kappa shape index (κ1) is 9.46. The van der Waals surface area contributed by atoms with Gasteiger partial charge in [0.15, 0.2) is 0 Å². The van der Waals surface area contributed by atoms with E-state index >= 15 is 0 Å². The lowest BCUT2D eigenvalue weighted by atomic mass is 10.2. The number of hydrogen-bond donors (Lipinski definition) is 1. The predicted octanol–water partition coefficient (Wildman–Crippen LogP) is 0.165. The lowest BCUT2D eigenvalue weighted by molar-refractivity contribution is 0.0308. The zero-order chi connectivity index (χ0) is 9.38. The first-order valence-electron chi connectivity index (χ1n) is 5.60. The van der Waals surface area contributed by atoms with E-state index in [1.54, 1.807) is 0 Å². The molecule has 3 saturated heterocycles. The molecule has 3 unspecified atom stereocenters. The molecule has 1 N–H and O–H groups in total. The van der Waals surface area contributed by atoms with Crippen molar-refractivity contribution < 1.29 is 4.74 Å². The summed E-state index contributed by atoms with van der Waals surface area (Å²) in [5, 5.41) is 4.28. The Morgan fingerprint density at radius 2 is 2.50 bits per heavy atom. The zero-order valence-electron chi connectivity index (χ0n) is 8.45. The Kier molecular flexibility index (Phi) is 2.70. The van der Waals surface area contributed by atoms with Gasteiger partial charge in [0, 0.05) is 43.2 Å². The summed E-state index contributed by atoms with van der Waals surface area (Å²) in [4.78, 5) is 2.64. The number of likely N-dealkylation sites (tertiary alicyclic amines) is 1. The molecule has 0 aromatic carbocycles. The van der Waals surface area contributed by atoms with Crippen molar-refractivity contribution in [1.29, 1.82) is 0 Å². The Bertz CT molecular complexity index is 208. The molecule has 0 spiro atoms. The van der Waals surface area contributed by atoms with Gasteiger partial charge in [-0.05, 0) is 6.42 Å². The van der Waals surface area contributed by atoms with Crippen LogP contribution in [0.1, 0.15) is 6.42 Å². The molecule has 3 nitrogen and oxygen atoms in total. The van der Waals surface area contributed by atoms with Crippen LogP contribution in [0, 0.1) is 0 Å². The number of thioether (sulfide) groups is 1. The highest BCUT2D eigenvalue weighted by molar-refractivity contribution is 8.00. The van der Waals surface area contributed by atoms with Gasteiger partial charge in [-0.2, -0.15) is 11.8 Å². The molecule has 0 amide bonds. The van der Waals surface area contributed by atoms with Crippen LogP contribution in [0.2, 0.25) is 0 Å². The summed E-state index contributed by atoms with van der Waals surface area (Å²) in [7, 11) is 0. The Labute approximate surface area is 89.6 Å². The van der Waals surface area contributed by atoms with E-state index in [2.05, 4.69) is 22.0 Å². The van der Waals surface area contributed by atoms with Crippen molar-refractivity contribution in [2.45, 2.75) is 23.8 Å². The molecule has 4 heteroatoms. The molecule has 3 aliphatic rings. The van der Waals surface area contributed by atoms with E-state index in [-0.39, 0.29) is 0 Å². The van der Waals surface area contributed by atoms with Crippen molar-refractivity contribution in [3.63, 3.8) is 0 Å². The van der Waals surface area contributed by atoms with E-state index in [9.17, 15) is 0 Å². The van der Waals surface area contributed by atoms with Gasteiger partial charge in [-0.3, -0.25) is 4.90 Å². The molecule has 0 saturated carbocycles. The number of hydrogen-bond acceptors (Lipinski definition) is 4. The molecular formula is C10H18N2OS. The van der Waals surface area contributed by atoms with E-state index < -0.39 is 0 Å². The molecule has 3 fully saturated rings. The van der Waals surface area contributed by atoms with Gasteiger partial charge >= 0.3 is 0 Å².